The van der Waals surface area contributed by atoms with E-state index in [9.17, 15) is 0 Å². The largest absolute Gasteiger partial charge is 0.378 e. The van der Waals surface area contributed by atoms with E-state index in [1.165, 1.54) is 11.1 Å². The molecule has 2 aliphatic heterocycles. The van der Waals surface area contributed by atoms with Crippen molar-refractivity contribution < 1.29 is 9.47 Å². The van der Waals surface area contributed by atoms with Crippen molar-refractivity contribution in [3.8, 4) is 0 Å². The summed E-state index contributed by atoms with van der Waals surface area (Å²) in [6.45, 7) is 4.20. The maximum absolute atomic E-state index is 6.11. The molecule has 1 unspecified atom stereocenters. The molecule has 0 aliphatic carbocycles. The first-order chi connectivity index (χ1) is 11.4. The van der Waals surface area contributed by atoms with Crippen molar-refractivity contribution in [2.75, 3.05) is 32.9 Å². The first-order valence-corrected chi connectivity index (χ1v) is 8.42. The first kappa shape index (κ1) is 14.9. The van der Waals surface area contributed by atoms with Crippen molar-refractivity contribution in [1.82, 2.24) is 4.90 Å². The zero-order chi connectivity index (χ0) is 15.5. The van der Waals surface area contributed by atoms with Crippen LogP contribution >= 0.6 is 0 Å². The highest BCUT2D eigenvalue weighted by Crippen LogP contribution is 2.35. The number of rotatable bonds is 3. The Bertz CT molecular complexity index is 583. The van der Waals surface area contributed by atoms with Crippen LogP contribution < -0.4 is 0 Å². The van der Waals surface area contributed by atoms with Gasteiger partial charge in [-0.05, 0) is 11.1 Å². The summed E-state index contributed by atoms with van der Waals surface area (Å²) >= 11 is 0. The van der Waals surface area contributed by atoms with Gasteiger partial charge in [-0.25, -0.2) is 0 Å². The summed E-state index contributed by atoms with van der Waals surface area (Å²) in [5.74, 6) is 0. The lowest BCUT2D eigenvalue weighted by Gasteiger charge is -2.43. The molecular formula is C20H23NO2. The van der Waals surface area contributed by atoms with Crippen LogP contribution in [-0.2, 0) is 9.47 Å². The smallest absolute Gasteiger partial charge is 0.106 e. The third kappa shape index (κ3) is 3.05. The summed E-state index contributed by atoms with van der Waals surface area (Å²) in [5.41, 5.74) is 2.57. The SMILES string of the molecule is c1ccc(C(c2ccccc2)N2CCOC3(CCOC3)C2)cc1. The quantitative estimate of drug-likeness (QED) is 0.868. The summed E-state index contributed by atoms with van der Waals surface area (Å²) in [5, 5.41) is 0. The van der Waals surface area contributed by atoms with Crippen molar-refractivity contribution in [2.45, 2.75) is 18.1 Å². The highest BCUT2D eigenvalue weighted by Gasteiger charge is 2.42. The van der Waals surface area contributed by atoms with E-state index in [1.54, 1.807) is 0 Å². The topological polar surface area (TPSA) is 21.7 Å². The van der Waals surface area contributed by atoms with E-state index in [4.69, 9.17) is 9.47 Å². The van der Waals surface area contributed by atoms with Crippen molar-refractivity contribution in [3.05, 3.63) is 71.8 Å². The monoisotopic (exact) mass is 309 g/mol. The highest BCUT2D eigenvalue weighted by molar-refractivity contribution is 5.32. The van der Waals surface area contributed by atoms with E-state index in [-0.39, 0.29) is 11.6 Å². The fourth-order valence-corrected chi connectivity index (χ4v) is 3.81. The summed E-state index contributed by atoms with van der Waals surface area (Å²) in [6, 6.07) is 21.8. The van der Waals surface area contributed by atoms with Gasteiger partial charge in [-0.15, -0.1) is 0 Å². The maximum atomic E-state index is 6.11. The van der Waals surface area contributed by atoms with Gasteiger partial charge in [-0.3, -0.25) is 4.90 Å². The van der Waals surface area contributed by atoms with Gasteiger partial charge in [0, 0.05) is 26.1 Å². The molecule has 0 bridgehead atoms. The molecule has 1 atom stereocenters. The van der Waals surface area contributed by atoms with Crippen molar-refractivity contribution in [1.29, 1.82) is 0 Å². The Morgan fingerprint density at radius 1 is 0.870 bits per heavy atom. The van der Waals surface area contributed by atoms with E-state index in [1.807, 2.05) is 0 Å². The maximum Gasteiger partial charge on any atom is 0.106 e. The molecule has 0 amide bonds. The standard InChI is InChI=1S/C20H23NO2/c1-3-7-17(8-4-1)19(18-9-5-2-6-10-18)21-12-14-23-20(15-21)11-13-22-16-20/h1-10,19H,11-16H2. The molecule has 0 N–H and O–H groups in total. The molecule has 2 aromatic rings. The van der Waals surface area contributed by atoms with Gasteiger partial charge in [0.15, 0.2) is 0 Å². The second-order valence-electron chi connectivity index (χ2n) is 6.53. The molecule has 2 aromatic carbocycles. The Balaban J connectivity index is 1.68. The summed E-state index contributed by atoms with van der Waals surface area (Å²) < 4.78 is 11.7. The molecule has 2 fully saturated rings. The molecule has 0 saturated carbocycles. The van der Waals surface area contributed by atoms with Crippen LogP contribution in [-0.4, -0.2) is 43.4 Å². The molecule has 3 nitrogen and oxygen atoms in total. The zero-order valence-electron chi connectivity index (χ0n) is 13.4. The predicted molar refractivity (Wildman–Crippen MR) is 90.4 cm³/mol. The van der Waals surface area contributed by atoms with E-state index < -0.39 is 0 Å². The van der Waals surface area contributed by atoms with Gasteiger partial charge in [0.25, 0.3) is 0 Å². The Hall–Kier alpha value is -1.68. The number of nitrogens with zero attached hydrogens (tertiary/aromatic N) is 1. The van der Waals surface area contributed by atoms with Crippen LogP contribution in [0.1, 0.15) is 23.6 Å². The van der Waals surface area contributed by atoms with Gasteiger partial charge in [0.2, 0.25) is 0 Å². The highest BCUT2D eigenvalue weighted by atomic mass is 16.6. The van der Waals surface area contributed by atoms with E-state index in [2.05, 4.69) is 65.6 Å². The molecule has 23 heavy (non-hydrogen) atoms. The Morgan fingerprint density at radius 2 is 1.52 bits per heavy atom. The van der Waals surface area contributed by atoms with E-state index >= 15 is 0 Å². The first-order valence-electron chi connectivity index (χ1n) is 8.42. The Labute approximate surface area is 137 Å². The van der Waals surface area contributed by atoms with Crippen LogP contribution in [0.25, 0.3) is 0 Å². The van der Waals surface area contributed by atoms with Crippen LogP contribution in [0.15, 0.2) is 60.7 Å². The molecule has 2 heterocycles. The molecule has 2 saturated heterocycles. The fraction of sp³-hybridized carbons (Fsp3) is 0.400. The van der Waals surface area contributed by atoms with Gasteiger partial charge >= 0.3 is 0 Å². The molecular weight excluding hydrogens is 286 g/mol. The molecule has 0 aromatic heterocycles. The van der Waals surface area contributed by atoms with E-state index in [0.29, 0.717) is 0 Å². The second kappa shape index (κ2) is 6.44. The second-order valence-corrected chi connectivity index (χ2v) is 6.53. The van der Waals surface area contributed by atoms with Gasteiger partial charge in [0.1, 0.15) is 5.60 Å². The molecule has 1 spiro atoms. The van der Waals surface area contributed by atoms with Crippen molar-refractivity contribution >= 4 is 0 Å². The molecule has 4 rings (SSSR count). The van der Waals surface area contributed by atoms with Gasteiger partial charge in [-0.2, -0.15) is 0 Å². The minimum atomic E-state index is -0.111. The number of ether oxygens (including phenoxy) is 2. The van der Waals surface area contributed by atoms with E-state index in [0.717, 1.165) is 39.3 Å². The summed E-state index contributed by atoms with van der Waals surface area (Å²) in [6.07, 6.45) is 1.000. The van der Waals surface area contributed by atoms with Gasteiger partial charge in [-0.1, -0.05) is 60.7 Å². The van der Waals surface area contributed by atoms with Crippen molar-refractivity contribution in [3.63, 3.8) is 0 Å². The minimum absolute atomic E-state index is 0.111. The Morgan fingerprint density at radius 3 is 2.09 bits per heavy atom. The predicted octanol–water partition coefficient (Wildman–Crippen LogP) is 3.27. The third-order valence-electron chi connectivity index (χ3n) is 4.94. The lowest BCUT2D eigenvalue weighted by atomic mass is 9.93. The number of hydrogen-bond donors (Lipinski definition) is 0. The normalized spacial score (nSPS) is 25.3. The average Bonchev–Trinajstić information content (AvgIpc) is 3.05. The molecule has 0 radical (unpaired) electrons. The number of benzene rings is 2. The third-order valence-corrected chi connectivity index (χ3v) is 4.94. The van der Waals surface area contributed by atoms with Crippen molar-refractivity contribution in [2.24, 2.45) is 0 Å². The van der Waals surface area contributed by atoms with Crippen LogP contribution in [0.4, 0.5) is 0 Å². The van der Waals surface area contributed by atoms with Gasteiger partial charge in [0.05, 0.1) is 19.3 Å². The number of hydrogen-bond acceptors (Lipinski definition) is 3. The molecule has 2 aliphatic rings. The van der Waals surface area contributed by atoms with Gasteiger partial charge < -0.3 is 9.47 Å². The minimum Gasteiger partial charge on any atom is -0.378 e. The lowest BCUT2D eigenvalue weighted by molar-refractivity contribution is -0.115. The summed E-state index contributed by atoms with van der Waals surface area (Å²) in [4.78, 5) is 2.56. The molecule has 120 valence electrons. The lowest BCUT2D eigenvalue weighted by Crippen LogP contribution is -2.53. The van der Waals surface area contributed by atoms with Crippen LogP contribution in [0.5, 0.6) is 0 Å². The van der Waals surface area contributed by atoms with Crippen LogP contribution in [0, 0.1) is 0 Å². The molecule has 3 heteroatoms. The van der Waals surface area contributed by atoms with Crippen LogP contribution in [0.2, 0.25) is 0 Å². The average molecular weight is 309 g/mol. The zero-order valence-corrected chi connectivity index (χ0v) is 13.4. The fourth-order valence-electron chi connectivity index (χ4n) is 3.81. The number of morpholine rings is 1. The van der Waals surface area contributed by atoms with Crippen LogP contribution in [0.3, 0.4) is 0 Å². The Kier molecular flexibility index (Phi) is 4.17. The summed E-state index contributed by atoms with van der Waals surface area (Å²) in [7, 11) is 0.